The predicted octanol–water partition coefficient (Wildman–Crippen LogP) is 7.92. The maximum atomic E-state index is 15.7. The number of benzene rings is 3. The van der Waals surface area contributed by atoms with Gasteiger partial charge >= 0.3 is 11.9 Å². The summed E-state index contributed by atoms with van der Waals surface area (Å²) in [5.41, 5.74) is 1.11. The molecule has 0 saturated heterocycles. The monoisotopic (exact) mass is 719 g/mol. The van der Waals surface area contributed by atoms with Crippen LogP contribution in [0.2, 0.25) is 0 Å². The smallest absolute Gasteiger partial charge is 0.321 e. The van der Waals surface area contributed by atoms with E-state index >= 15 is 8.78 Å². The number of carbonyl (C=O) groups is 2. The summed E-state index contributed by atoms with van der Waals surface area (Å²) in [5.74, 6) is -4.97. The molecule has 0 radical (unpaired) electrons. The largest absolute Gasteiger partial charge is 0.481 e. The van der Waals surface area contributed by atoms with E-state index in [2.05, 4.69) is 15.0 Å². The summed E-state index contributed by atoms with van der Waals surface area (Å²) in [7, 11) is -4.44. The Hall–Kier alpha value is -5.04. The number of H-pyrrole nitrogens is 2. The molecular weight excluding hydrogens is 680 g/mol. The Kier molecular flexibility index (Phi) is 9.53. The molecule has 268 valence electrons. The van der Waals surface area contributed by atoms with Gasteiger partial charge in [0.05, 0.1) is 11.3 Å². The number of hydrogen-bond acceptors (Lipinski definition) is 6. The summed E-state index contributed by atoms with van der Waals surface area (Å²) in [6.45, 7) is 5.64. The zero-order chi connectivity index (χ0) is 36.7. The average Bonchev–Trinajstić information content (AvgIpc) is 3.75. The second-order valence-electron chi connectivity index (χ2n) is 14.3. The minimum atomic E-state index is -4.44. The Morgan fingerprint density at radius 2 is 1.80 bits per heavy atom. The summed E-state index contributed by atoms with van der Waals surface area (Å²) >= 11 is 0. The summed E-state index contributed by atoms with van der Waals surface area (Å²) in [4.78, 5) is 34.6. The van der Waals surface area contributed by atoms with Crippen LogP contribution in [0.3, 0.4) is 0 Å². The van der Waals surface area contributed by atoms with Crippen molar-refractivity contribution < 1.29 is 41.7 Å². The number of hydrogen-bond donors (Lipinski definition) is 4. The van der Waals surface area contributed by atoms with Crippen LogP contribution in [0.4, 0.5) is 8.78 Å². The minimum Gasteiger partial charge on any atom is -0.481 e. The number of sulfone groups is 1. The highest BCUT2D eigenvalue weighted by molar-refractivity contribution is 7.92. The number of nitrogens with zero attached hydrogens (tertiary/aromatic N) is 1. The Labute approximate surface area is 293 Å². The second kappa shape index (κ2) is 13.6. The first-order valence-corrected chi connectivity index (χ1v) is 18.4. The van der Waals surface area contributed by atoms with Crippen LogP contribution in [-0.2, 0) is 37.0 Å². The standard InChI is InChI=1S/C38H39F2N3O7S/c1-37(2)13-5-14-38(3,23-7-4-6-22(16-23)8-11-33(44)45)32-20-42-35(43-32)26-17-24(9-10-28(26)39)50-34-27(21-51(48,49)31(19-37)36(46)47)25-12-15-41-30(25)18-29(34)40/h4,6-7,9-10,12,15-18,20,31,41H,5,8,11,13-14,19,21H2,1-3H3,(H,42,43)(H,44,45)(H,46,47). The van der Waals surface area contributed by atoms with Gasteiger partial charge in [0, 0.05) is 52.5 Å². The van der Waals surface area contributed by atoms with E-state index in [1.54, 1.807) is 12.3 Å². The van der Waals surface area contributed by atoms with Crippen LogP contribution in [0, 0.1) is 17.0 Å². The Morgan fingerprint density at radius 3 is 2.55 bits per heavy atom. The average molecular weight is 720 g/mol. The highest BCUT2D eigenvalue weighted by atomic mass is 32.2. The lowest BCUT2D eigenvalue weighted by Gasteiger charge is -2.33. The van der Waals surface area contributed by atoms with Gasteiger partial charge in [0.1, 0.15) is 17.4 Å². The second-order valence-corrected chi connectivity index (χ2v) is 16.5. The number of aliphatic carboxylic acids is 2. The molecule has 1 aliphatic rings. The van der Waals surface area contributed by atoms with Crippen molar-refractivity contribution in [2.45, 2.75) is 75.7 Å². The number of carboxylic acid groups (broad SMARTS) is 2. The Morgan fingerprint density at radius 1 is 1.02 bits per heavy atom. The molecule has 0 fully saturated rings. The SMILES string of the molecule is CC1(C)CCCC(C)(c2cccc(CCC(=O)O)c2)c2cnc([nH]2)-c2cc(ccc2F)Oc2c(F)cc3[nH]ccc3c2CS(=O)(=O)C(C(=O)O)C1. The van der Waals surface area contributed by atoms with Gasteiger partial charge in [0.25, 0.3) is 0 Å². The van der Waals surface area contributed by atoms with Crippen molar-refractivity contribution in [3.8, 4) is 22.9 Å². The number of imidazole rings is 1. The van der Waals surface area contributed by atoms with E-state index in [1.165, 1.54) is 18.3 Å². The molecule has 5 aromatic rings. The first-order valence-electron chi connectivity index (χ1n) is 16.6. The van der Waals surface area contributed by atoms with Crippen molar-refractivity contribution >= 4 is 32.7 Å². The highest BCUT2D eigenvalue weighted by Gasteiger charge is 2.40. The van der Waals surface area contributed by atoms with Crippen molar-refractivity contribution in [2.75, 3.05) is 0 Å². The number of ether oxygens (including phenoxy) is 1. The molecule has 2 atom stereocenters. The lowest BCUT2D eigenvalue weighted by atomic mass is 9.73. The van der Waals surface area contributed by atoms with Crippen LogP contribution < -0.4 is 4.74 Å². The maximum absolute atomic E-state index is 15.7. The van der Waals surface area contributed by atoms with Gasteiger partial charge < -0.3 is 24.9 Å². The van der Waals surface area contributed by atoms with E-state index in [9.17, 15) is 28.2 Å². The van der Waals surface area contributed by atoms with Crippen LogP contribution in [0.1, 0.15) is 75.3 Å². The molecule has 13 heteroatoms. The fraction of sp³-hybridized carbons (Fsp3) is 0.342. The number of fused-ring (bicyclic) bond motifs is 8. The quantitative estimate of drug-likeness (QED) is 0.142. The number of aromatic nitrogens is 3. The maximum Gasteiger partial charge on any atom is 0.321 e. The van der Waals surface area contributed by atoms with Crippen LogP contribution in [0.15, 0.2) is 67.0 Å². The third-order valence-corrected chi connectivity index (χ3v) is 11.9. The van der Waals surface area contributed by atoms with Crippen molar-refractivity contribution in [3.63, 3.8) is 0 Å². The molecule has 0 saturated carbocycles. The first kappa shape index (κ1) is 35.8. The molecule has 51 heavy (non-hydrogen) atoms. The van der Waals surface area contributed by atoms with Crippen LogP contribution >= 0.6 is 0 Å². The summed E-state index contributed by atoms with van der Waals surface area (Å²) in [5, 5.41) is 18.1. The minimum absolute atomic E-state index is 0.00251. The van der Waals surface area contributed by atoms with Crippen molar-refractivity contribution in [2.24, 2.45) is 5.41 Å². The molecule has 0 amide bonds. The summed E-state index contributed by atoms with van der Waals surface area (Å²) < 4.78 is 65.2. The molecule has 1 aliphatic heterocycles. The van der Waals surface area contributed by atoms with Crippen molar-refractivity contribution in [1.82, 2.24) is 15.0 Å². The predicted molar refractivity (Wildman–Crippen MR) is 187 cm³/mol. The van der Waals surface area contributed by atoms with Gasteiger partial charge in [0.2, 0.25) is 0 Å². The highest BCUT2D eigenvalue weighted by Crippen LogP contribution is 2.42. The van der Waals surface area contributed by atoms with Gasteiger partial charge in [-0.25, -0.2) is 22.2 Å². The fourth-order valence-corrected chi connectivity index (χ4v) is 8.94. The molecular formula is C38H39F2N3O7S. The van der Waals surface area contributed by atoms with E-state index in [1.807, 2.05) is 45.0 Å². The summed E-state index contributed by atoms with van der Waals surface area (Å²) in [6.07, 6.45) is 4.73. The van der Waals surface area contributed by atoms with Crippen molar-refractivity contribution in [1.29, 1.82) is 0 Å². The van der Waals surface area contributed by atoms with Gasteiger partial charge in [-0.15, -0.1) is 0 Å². The topological polar surface area (TPSA) is 162 Å². The lowest BCUT2D eigenvalue weighted by Crippen LogP contribution is -2.36. The summed E-state index contributed by atoms with van der Waals surface area (Å²) in [6, 6.07) is 14.1. The molecule has 3 heterocycles. The number of halogens is 2. The number of aromatic amines is 2. The normalized spacial score (nSPS) is 20.5. The van der Waals surface area contributed by atoms with Crippen LogP contribution in [0.5, 0.6) is 11.5 Å². The zero-order valence-electron chi connectivity index (χ0n) is 28.4. The van der Waals surface area contributed by atoms with Gasteiger partial charge in [-0.1, -0.05) is 44.5 Å². The molecule has 3 aromatic carbocycles. The molecule has 6 rings (SSSR count). The Bertz CT molecular complexity index is 2240. The molecule has 4 bridgehead atoms. The molecule has 2 aromatic heterocycles. The van der Waals surface area contributed by atoms with E-state index in [-0.39, 0.29) is 35.5 Å². The molecule has 0 aliphatic carbocycles. The van der Waals surface area contributed by atoms with E-state index < -0.39 is 61.0 Å². The van der Waals surface area contributed by atoms with Gasteiger partial charge in [-0.3, -0.25) is 9.59 Å². The third kappa shape index (κ3) is 7.39. The van der Waals surface area contributed by atoms with Gasteiger partial charge in [-0.2, -0.15) is 0 Å². The van der Waals surface area contributed by atoms with E-state index in [0.29, 0.717) is 42.3 Å². The number of carboxylic acids is 2. The van der Waals surface area contributed by atoms with Crippen molar-refractivity contribution in [3.05, 3.63) is 101 Å². The lowest BCUT2D eigenvalue weighted by molar-refractivity contribution is -0.138. The molecule has 4 N–H and O–H groups in total. The van der Waals surface area contributed by atoms with Crippen LogP contribution in [-0.4, -0.2) is 50.8 Å². The molecule has 10 nitrogen and oxygen atoms in total. The van der Waals surface area contributed by atoms with Crippen LogP contribution in [0.25, 0.3) is 22.3 Å². The number of aryl methyl sites for hydroxylation is 1. The van der Waals surface area contributed by atoms with E-state index in [4.69, 9.17) is 4.74 Å². The molecule has 0 spiro atoms. The van der Waals surface area contributed by atoms with Gasteiger partial charge in [-0.05, 0) is 73.4 Å². The number of nitrogens with one attached hydrogen (secondary N) is 2. The zero-order valence-corrected chi connectivity index (χ0v) is 29.2. The van der Waals surface area contributed by atoms with E-state index in [0.717, 1.165) is 23.3 Å². The Balaban J connectivity index is 1.51. The third-order valence-electron chi connectivity index (χ3n) is 9.96. The fourth-order valence-electron chi connectivity index (χ4n) is 7.03. The van der Waals surface area contributed by atoms with Gasteiger partial charge in [0.15, 0.2) is 26.7 Å². The number of rotatable bonds is 5. The molecule has 2 unspecified atom stereocenters. The first-order chi connectivity index (χ1) is 24.1.